The summed E-state index contributed by atoms with van der Waals surface area (Å²) >= 11 is 0. The van der Waals surface area contributed by atoms with Crippen LogP contribution in [-0.2, 0) is 11.2 Å². The molecule has 20 heavy (non-hydrogen) atoms. The summed E-state index contributed by atoms with van der Waals surface area (Å²) < 4.78 is 5.19. The van der Waals surface area contributed by atoms with E-state index in [0.717, 1.165) is 16.9 Å². The highest BCUT2D eigenvalue weighted by molar-refractivity contribution is 5.88. The lowest BCUT2D eigenvalue weighted by atomic mass is 10.3. The Morgan fingerprint density at radius 2 is 2.10 bits per heavy atom. The molecule has 0 spiro atoms. The lowest BCUT2D eigenvalue weighted by molar-refractivity contribution is 0.0507. The maximum absolute atomic E-state index is 11.7. The highest BCUT2D eigenvalue weighted by Crippen LogP contribution is 2.10. The van der Waals surface area contributed by atoms with E-state index in [2.05, 4.69) is 15.0 Å². The van der Waals surface area contributed by atoms with Crippen LogP contribution in [0.1, 0.15) is 16.2 Å². The molecule has 2 heterocycles. The third-order valence-electron chi connectivity index (χ3n) is 2.91. The number of aromatic amines is 1. The second-order valence-corrected chi connectivity index (χ2v) is 4.33. The van der Waals surface area contributed by atoms with Crippen LogP contribution in [0.15, 0.2) is 48.8 Å². The van der Waals surface area contributed by atoms with Crippen molar-refractivity contribution in [3.63, 3.8) is 0 Å². The average Bonchev–Trinajstić information content (AvgIpc) is 2.90. The second kappa shape index (κ2) is 5.52. The normalized spacial score (nSPS) is 10.6. The first-order valence-corrected chi connectivity index (χ1v) is 6.34. The third-order valence-corrected chi connectivity index (χ3v) is 2.91. The van der Waals surface area contributed by atoms with Crippen LogP contribution < -0.4 is 0 Å². The summed E-state index contributed by atoms with van der Waals surface area (Å²) in [5.41, 5.74) is 2.36. The summed E-state index contributed by atoms with van der Waals surface area (Å²) in [7, 11) is 0. The van der Waals surface area contributed by atoms with Gasteiger partial charge in [-0.05, 0) is 24.3 Å². The predicted octanol–water partition coefficient (Wildman–Crippen LogP) is 2.36. The fraction of sp³-hybridized carbons (Fsp3) is 0.133. The first-order chi connectivity index (χ1) is 9.83. The van der Waals surface area contributed by atoms with Crippen LogP contribution in [-0.4, -0.2) is 27.5 Å². The van der Waals surface area contributed by atoms with Crippen molar-refractivity contribution < 1.29 is 9.53 Å². The molecule has 0 radical (unpaired) electrons. The van der Waals surface area contributed by atoms with Crippen LogP contribution in [0.25, 0.3) is 11.0 Å². The van der Waals surface area contributed by atoms with Crippen LogP contribution >= 0.6 is 0 Å². The Balaban J connectivity index is 1.58. The number of ether oxygens (including phenoxy) is 1. The van der Waals surface area contributed by atoms with E-state index < -0.39 is 0 Å². The van der Waals surface area contributed by atoms with Crippen molar-refractivity contribution in [2.24, 2.45) is 0 Å². The Bertz CT molecular complexity index is 689. The SMILES string of the molecule is O=C(OCCc1nc2ccccc2[nH]1)c1cccnc1. The molecule has 5 nitrogen and oxygen atoms in total. The van der Waals surface area contributed by atoms with E-state index in [1.165, 1.54) is 6.20 Å². The predicted molar refractivity (Wildman–Crippen MR) is 74.3 cm³/mol. The number of H-pyrrole nitrogens is 1. The number of aromatic nitrogens is 3. The van der Waals surface area contributed by atoms with E-state index in [0.29, 0.717) is 12.0 Å². The van der Waals surface area contributed by atoms with E-state index in [9.17, 15) is 4.79 Å². The largest absolute Gasteiger partial charge is 0.462 e. The fourth-order valence-electron chi connectivity index (χ4n) is 1.93. The number of nitrogens with zero attached hydrogens (tertiary/aromatic N) is 2. The van der Waals surface area contributed by atoms with Crippen LogP contribution in [0.5, 0.6) is 0 Å². The molecule has 0 unspecified atom stereocenters. The fourth-order valence-corrected chi connectivity index (χ4v) is 1.93. The van der Waals surface area contributed by atoms with Gasteiger partial charge in [-0.25, -0.2) is 9.78 Å². The van der Waals surface area contributed by atoms with Crippen molar-refractivity contribution in [2.75, 3.05) is 6.61 Å². The van der Waals surface area contributed by atoms with Gasteiger partial charge in [-0.2, -0.15) is 0 Å². The van der Waals surface area contributed by atoms with Gasteiger partial charge in [-0.15, -0.1) is 0 Å². The number of nitrogens with one attached hydrogen (secondary N) is 1. The highest BCUT2D eigenvalue weighted by atomic mass is 16.5. The molecule has 1 N–H and O–H groups in total. The number of rotatable bonds is 4. The zero-order valence-electron chi connectivity index (χ0n) is 10.7. The standard InChI is InChI=1S/C15H13N3O2/c19-15(11-4-3-8-16-10-11)20-9-7-14-17-12-5-1-2-6-13(12)18-14/h1-6,8,10H,7,9H2,(H,17,18). The van der Waals surface area contributed by atoms with Gasteiger partial charge in [0, 0.05) is 18.8 Å². The molecule has 0 aliphatic rings. The zero-order chi connectivity index (χ0) is 13.8. The summed E-state index contributed by atoms with van der Waals surface area (Å²) in [5.74, 6) is 0.444. The number of hydrogen-bond donors (Lipinski definition) is 1. The molecule has 1 aromatic carbocycles. The van der Waals surface area contributed by atoms with Gasteiger partial charge in [0.1, 0.15) is 5.82 Å². The molecule has 3 rings (SSSR count). The number of carbonyl (C=O) groups is 1. The number of benzene rings is 1. The molecule has 0 amide bonds. The zero-order valence-corrected chi connectivity index (χ0v) is 10.7. The van der Waals surface area contributed by atoms with Gasteiger partial charge in [-0.1, -0.05) is 12.1 Å². The molecule has 5 heteroatoms. The van der Waals surface area contributed by atoms with Crippen molar-refractivity contribution in [1.29, 1.82) is 0 Å². The summed E-state index contributed by atoms with van der Waals surface area (Å²) in [6.45, 7) is 0.285. The molecule has 100 valence electrons. The summed E-state index contributed by atoms with van der Waals surface area (Å²) in [4.78, 5) is 23.2. The van der Waals surface area contributed by atoms with Crippen LogP contribution in [0.2, 0.25) is 0 Å². The van der Waals surface area contributed by atoms with Gasteiger partial charge < -0.3 is 9.72 Å². The molecule has 2 aromatic heterocycles. The number of esters is 1. The lowest BCUT2D eigenvalue weighted by Crippen LogP contribution is -2.08. The van der Waals surface area contributed by atoms with Gasteiger partial charge in [0.15, 0.2) is 0 Å². The molecular weight excluding hydrogens is 254 g/mol. The van der Waals surface area contributed by atoms with Crippen molar-refractivity contribution in [3.8, 4) is 0 Å². The smallest absolute Gasteiger partial charge is 0.339 e. The van der Waals surface area contributed by atoms with Crippen LogP contribution in [0.4, 0.5) is 0 Å². The van der Waals surface area contributed by atoms with E-state index in [1.807, 2.05) is 24.3 Å². The molecule has 0 aliphatic heterocycles. The van der Waals surface area contributed by atoms with Crippen LogP contribution in [0, 0.1) is 0 Å². The first kappa shape index (κ1) is 12.3. The minimum absolute atomic E-state index is 0.285. The van der Waals surface area contributed by atoms with Crippen molar-refractivity contribution in [3.05, 3.63) is 60.2 Å². The maximum Gasteiger partial charge on any atom is 0.339 e. The van der Waals surface area contributed by atoms with Gasteiger partial charge >= 0.3 is 5.97 Å². The van der Waals surface area contributed by atoms with Crippen LogP contribution in [0.3, 0.4) is 0 Å². The van der Waals surface area contributed by atoms with E-state index >= 15 is 0 Å². The van der Waals surface area contributed by atoms with Gasteiger partial charge in [0.2, 0.25) is 0 Å². The molecule has 0 bridgehead atoms. The Morgan fingerprint density at radius 1 is 1.20 bits per heavy atom. The number of hydrogen-bond acceptors (Lipinski definition) is 4. The summed E-state index contributed by atoms with van der Waals surface area (Å²) in [6, 6.07) is 11.2. The number of imidazole rings is 1. The summed E-state index contributed by atoms with van der Waals surface area (Å²) in [5, 5.41) is 0. The van der Waals surface area contributed by atoms with E-state index in [4.69, 9.17) is 4.74 Å². The minimum Gasteiger partial charge on any atom is -0.462 e. The van der Waals surface area contributed by atoms with Gasteiger partial charge in [0.25, 0.3) is 0 Å². The third kappa shape index (κ3) is 2.66. The molecule has 0 fully saturated rings. The number of fused-ring (bicyclic) bond motifs is 1. The number of pyridine rings is 1. The monoisotopic (exact) mass is 267 g/mol. The Morgan fingerprint density at radius 3 is 2.90 bits per heavy atom. The molecule has 0 saturated carbocycles. The Labute approximate surface area is 115 Å². The summed E-state index contributed by atoms with van der Waals surface area (Å²) in [6.07, 6.45) is 3.66. The van der Waals surface area contributed by atoms with Gasteiger partial charge in [-0.3, -0.25) is 4.98 Å². The lowest BCUT2D eigenvalue weighted by Gasteiger charge is -2.02. The Hall–Kier alpha value is -2.69. The van der Waals surface area contributed by atoms with Crippen molar-refractivity contribution in [1.82, 2.24) is 15.0 Å². The minimum atomic E-state index is -0.366. The number of carbonyl (C=O) groups excluding carboxylic acids is 1. The highest BCUT2D eigenvalue weighted by Gasteiger charge is 2.07. The second-order valence-electron chi connectivity index (χ2n) is 4.33. The molecule has 3 aromatic rings. The average molecular weight is 267 g/mol. The van der Waals surface area contributed by atoms with Crippen molar-refractivity contribution >= 4 is 17.0 Å². The first-order valence-electron chi connectivity index (χ1n) is 6.34. The maximum atomic E-state index is 11.7. The molecular formula is C15H13N3O2. The molecule has 0 saturated heterocycles. The van der Waals surface area contributed by atoms with E-state index in [1.54, 1.807) is 18.3 Å². The van der Waals surface area contributed by atoms with Crippen molar-refractivity contribution in [2.45, 2.75) is 6.42 Å². The van der Waals surface area contributed by atoms with E-state index in [-0.39, 0.29) is 12.6 Å². The topological polar surface area (TPSA) is 67.9 Å². The number of para-hydroxylation sites is 2. The Kier molecular flexibility index (Phi) is 3.41. The quantitative estimate of drug-likeness (QED) is 0.737. The van der Waals surface area contributed by atoms with Gasteiger partial charge in [0.05, 0.1) is 23.2 Å². The molecule has 0 aliphatic carbocycles. The molecule has 0 atom stereocenters.